The van der Waals surface area contributed by atoms with Crippen LogP contribution in [0.3, 0.4) is 0 Å². The number of carbonyl (C=O) groups excluding carboxylic acids is 2. The summed E-state index contributed by atoms with van der Waals surface area (Å²) < 4.78 is 47.9. The number of aliphatic hydroxyl groups excluding tert-OH is 1. The maximum Gasteiger partial charge on any atom is 0.203 e. The maximum absolute atomic E-state index is 15.4. The van der Waals surface area contributed by atoms with Crippen LogP contribution >= 0.6 is 0 Å². The van der Waals surface area contributed by atoms with Gasteiger partial charge < -0.3 is 43.0 Å². The first-order chi connectivity index (χ1) is 24.8. The van der Waals surface area contributed by atoms with E-state index in [-0.39, 0.29) is 76.4 Å². The van der Waals surface area contributed by atoms with Crippen LogP contribution in [0.1, 0.15) is 38.3 Å². The number of hydrogen-bond acceptors (Lipinski definition) is 11. The van der Waals surface area contributed by atoms with E-state index in [0.29, 0.717) is 0 Å². The normalized spacial score (nSPS) is 21.0. The van der Waals surface area contributed by atoms with Gasteiger partial charge >= 0.3 is 0 Å². The second kappa shape index (κ2) is 15.4. The standard InChI is InChI=1S/C40H42O11/c1-44-28-18-24-30(39(48-5)37(28)46-3)31-25(19-29(45-2)38(47-4)40(31)49-6)34(43)32-35(50-20-22-13-9-7-10-14-22)26(33(24)42)17-27(41)36(32)51-21-23-15-11-8-12-16-23/h7-16,18-19,26-27,32,35-36,41H,17,20-21H2,1-6H3/t26?,27-,32?,35?,36?/m0/s1. The van der Waals surface area contributed by atoms with Crippen LogP contribution in [0.25, 0.3) is 11.1 Å². The lowest BCUT2D eigenvalue weighted by Gasteiger charge is -2.43. The Kier molecular flexibility index (Phi) is 10.8. The van der Waals surface area contributed by atoms with Gasteiger partial charge in [0.15, 0.2) is 34.6 Å². The molecule has 0 spiro atoms. The summed E-state index contributed by atoms with van der Waals surface area (Å²) >= 11 is 0. The van der Waals surface area contributed by atoms with Crippen molar-refractivity contribution in [2.24, 2.45) is 11.8 Å². The minimum Gasteiger partial charge on any atom is -0.493 e. The van der Waals surface area contributed by atoms with Gasteiger partial charge in [-0.2, -0.15) is 0 Å². The van der Waals surface area contributed by atoms with Gasteiger partial charge in [-0.3, -0.25) is 9.59 Å². The number of ether oxygens (including phenoxy) is 8. The summed E-state index contributed by atoms with van der Waals surface area (Å²) in [6.07, 6.45) is -3.33. The van der Waals surface area contributed by atoms with E-state index in [1.807, 2.05) is 60.7 Å². The predicted molar refractivity (Wildman–Crippen MR) is 187 cm³/mol. The molecule has 4 aromatic carbocycles. The van der Waals surface area contributed by atoms with Gasteiger partial charge in [0.1, 0.15) is 0 Å². The lowest BCUT2D eigenvalue weighted by Crippen LogP contribution is -2.56. The Hall–Kier alpha value is -5.10. The fourth-order valence-electron chi connectivity index (χ4n) is 7.30. The third-order valence-corrected chi connectivity index (χ3v) is 9.63. The molecular weight excluding hydrogens is 656 g/mol. The number of methoxy groups -OCH3 is 6. The molecule has 0 heterocycles. The largest absolute Gasteiger partial charge is 0.493 e. The third-order valence-electron chi connectivity index (χ3n) is 9.63. The number of hydrogen-bond donors (Lipinski definition) is 1. The van der Waals surface area contributed by atoms with Crippen LogP contribution in [0.5, 0.6) is 34.5 Å². The second-order valence-electron chi connectivity index (χ2n) is 12.3. The lowest BCUT2D eigenvalue weighted by atomic mass is 9.70. The van der Waals surface area contributed by atoms with Crippen molar-refractivity contribution in [2.75, 3.05) is 42.7 Å². The van der Waals surface area contributed by atoms with Crippen molar-refractivity contribution in [2.45, 2.75) is 37.9 Å². The number of aliphatic hydroxyl groups is 1. The molecule has 0 saturated heterocycles. The summed E-state index contributed by atoms with van der Waals surface area (Å²) in [4.78, 5) is 30.6. The Balaban J connectivity index is 1.66. The molecule has 268 valence electrons. The number of Topliss-reactive ketones (excluding diaryl/α,β-unsaturated/α-hetero) is 2. The highest BCUT2D eigenvalue weighted by Crippen LogP contribution is 2.56. The van der Waals surface area contributed by atoms with E-state index < -0.39 is 41.7 Å². The van der Waals surface area contributed by atoms with E-state index in [9.17, 15) is 5.11 Å². The molecule has 2 aliphatic rings. The van der Waals surface area contributed by atoms with E-state index in [0.717, 1.165) is 11.1 Å². The zero-order chi connectivity index (χ0) is 36.2. The summed E-state index contributed by atoms with van der Waals surface area (Å²) in [5, 5.41) is 11.8. The van der Waals surface area contributed by atoms with Gasteiger partial charge in [-0.15, -0.1) is 0 Å². The Morgan fingerprint density at radius 1 is 0.569 bits per heavy atom. The smallest absolute Gasteiger partial charge is 0.203 e. The Morgan fingerprint density at radius 2 is 1.00 bits per heavy atom. The van der Waals surface area contributed by atoms with Crippen LogP contribution in [0.2, 0.25) is 0 Å². The number of ketones is 2. The van der Waals surface area contributed by atoms with Crippen molar-refractivity contribution in [3.63, 3.8) is 0 Å². The zero-order valence-electron chi connectivity index (χ0n) is 29.5. The molecule has 11 heteroatoms. The molecule has 4 aromatic rings. The molecular formula is C40H42O11. The Morgan fingerprint density at radius 3 is 1.43 bits per heavy atom. The van der Waals surface area contributed by atoms with Crippen LogP contribution in [-0.2, 0) is 22.7 Å². The minimum atomic E-state index is -1.21. The summed E-state index contributed by atoms with van der Waals surface area (Å²) in [7, 11) is 8.68. The molecule has 2 aliphatic carbocycles. The lowest BCUT2D eigenvalue weighted by molar-refractivity contribution is -0.150. The molecule has 0 aliphatic heterocycles. The molecule has 11 nitrogen and oxygen atoms in total. The van der Waals surface area contributed by atoms with E-state index in [1.165, 1.54) is 42.7 Å². The van der Waals surface area contributed by atoms with E-state index in [4.69, 9.17) is 37.9 Å². The van der Waals surface area contributed by atoms with Gasteiger partial charge in [-0.1, -0.05) is 60.7 Å². The number of benzene rings is 4. The molecule has 51 heavy (non-hydrogen) atoms. The van der Waals surface area contributed by atoms with E-state index in [2.05, 4.69) is 0 Å². The van der Waals surface area contributed by atoms with Crippen molar-refractivity contribution >= 4 is 11.6 Å². The van der Waals surface area contributed by atoms with Crippen LogP contribution < -0.4 is 28.4 Å². The van der Waals surface area contributed by atoms with Crippen molar-refractivity contribution in [1.82, 2.24) is 0 Å². The summed E-state index contributed by atoms with van der Waals surface area (Å²) in [5.74, 6) is -1.90. The number of rotatable bonds is 12. The Bertz CT molecular complexity index is 1880. The van der Waals surface area contributed by atoms with Gasteiger partial charge in [0, 0.05) is 22.3 Å². The van der Waals surface area contributed by atoms with E-state index >= 15 is 9.59 Å². The molecule has 0 radical (unpaired) electrons. The van der Waals surface area contributed by atoms with Crippen LogP contribution in [0, 0.1) is 11.8 Å². The molecule has 1 fully saturated rings. The molecule has 6 rings (SSSR count). The zero-order valence-corrected chi connectivity index (χ0v) is 29.5. The average molecular weight is 699 g/mol. The molecule has 5 atom stereocenters. The highest BCUT2D eigenvalue weighted by molar-refractivity contribution is 6.15. The Labute approximate surface area is 296 Å². The van der Waals surface area contributed by atoms with Crippen LogP contribution in [-0.4, -0.2) is 77.6 Å². The first-order valence-corrected chi connectivity index (χ1v) is 16.5. The van der Waals surface area contributed by atoms with Gasteiger partial charge in [-0.05, 0) is 29.7 Å². The molecule has 4 unspecified atom stereocenters. The third kappa shape index (κ3) is 6.48. The van der Waals surface area contributed by atoms with Gasteiger partial charge in [-0.25, -0.2) is 0 Å². The molecule has 2 bridgehead atoms. The first kappa shape index (κ1) is 35.7. The number of carbonyl (C=O) groups is 2. The summed E-state index contributed by atoms with van der Waals surface area (Å²) in [5.41, 5.74) is 2.41. The van der Waals surface area contributed by atoms with Crippen molar-refractivity contribution in [3.05, 3.63) is 95.1 Å². The fourth-order valence-corrected chi connectivity index (χ4v) is 7.30. The maximum atomic E-state index is 15.4. The highest BCUT2D eigenvalue weighted by atomic mass is 16.5. The van der Waals surface area contributed by atoms with Crippen molar-refractivity contribution in [3.8, 4) is 45.6 Å². The molecule has 0 amide bonds. The highest BCUT2D eigenvalue weighted by Gasteiger charge is 2.54. The van der Waals surface area contributed by atoms with E-state index in [1.54, 1.807) is 12.1 Å². The summed E-state index contributed by atoms with van der Waals surface area (Å²) in [6.45, 7) is 0.214. The van der Waals surface area contributed by atoms with Crippen molar-refractivity contribution < 1.29 is 52.6 Å². The predicted octanol–water partition coefficient (Wildman–Crippen LogP) is 5.95. The average Bonchev–Trinajstić information content (AvgIpc) is 3.19. The SMILES string of the molecule is COc1cc2c(c(OC)c1OC)-c1c(cc(OC)c(OC)c1OC)C(=O)C1C(OCc3ccccc3)C(C[C@H](O)C1OCc1ccccc1)C2=O. The fraction of sp³-hybridized carbons (Fsp3) is 0.350. The van der Waals surface area contributed by atoms with Crippen molar-refractivity contribution in [1.29, 1.82) is 0 Å². The molecule has 1 N–H and O–H groups in total. The summed E-state index contributed by atoms with van der Waals surface area (Å²) in [6, 6.07) is 22.1. The monoisotopic (exact) mass is 698 g/mol. The van der Waals surface area contributed by atoms with Gasteiger partial charge in [0.2, 0.25) is 11.5 Å². The minimum absolute atomic E-state index is 0.0439. The van der Waals surface area contributed by atoms with Gasteiger partial charge in [0.05, 0.1) is 86.0 Å². The second-order valence-corrected chi connectivity index (χ2v) is 12.3. The topological polar surface area (TPSA) is 128 Å². The first-order valence-electron chi connectivity index (χ1n) is 16.5. The van der Waals surface area contributed by atoms with Crippen LogP contribution in [0.4, 0.5) is 0 Å². The molecule has 1 saturated carbocycles. The number of fused-ring (bicyclic) bond motifs is 5. The quantitative estimate of drug-likeness (QED) is 0.189. The van der Waals surface area contributed by atoms with Crippen LogP contribution in [0.15, 0.2) is 72.8 Å². The van der Waals surface area contributed by atoms with Gasteiger partial charge in [0.25, 0.3) is 0 Å². The molecule has 0 aromatic heterocycles.